The molecule has 0 saturated carbocycles. The van der Waals surface area contributed by atoms with Gasteiger partial charge in [0.15, 0.2) is 6.23 Å². The third-order valence-electron chi connectivity index (χ3n) is 5.53. The standard InChI is InChI=1S/C23H33N4O9P/c1-14(2)34-20(29)15(3)26-37(32,36-16-9-7-6-8-10-16)33-13-17-19(28)23(4,31)21(35-17)27-12-11-18(24-5)25-22(27)30/h6-12,14-15,17,19,21,28,31H,13H2,1-5H3,(H,26,32)(H,24,25,30)/t15-,17+,19?,21+,23+,37?/m0/s1. The van der Waals surface area contributed by atoms with Crippen molar-refractivity contribution in [1.29, 1.82) is 0 Å². The van der Waals surface area contributed by atoms with Gasteiger partial charge in [0.05, 0.1) is 12.7 Å². The summed E-state index contributed by atoms with van der Waals surface area (Å²) in [6.45, 7) is 5.56. The molecule has 204 valence electrons. The van der Waals surface area contributed by atoms with Crippen LogP contribution in [0.25, 0.3) is 0 Å². The van der Waals surface area contributed by atoms with Gasteiger partial charge in [0.2, 0.25) is 0 Å². The number of carbonyl (C=O) groups is 1. The molecule has 1 fully saturated rings. The molecular formula is C23H33N4O9P. The minimum Gasteiger partial charge on any atom is -0.462 e. The fourth-order valence-electron chi connectivity index (χ4n) is 3.61. The number of anilines is 1. The van der Waals surface area contributed by atoms with Gasteiger partial charge in [0.25, 0.3) is 0 Å². The number of aromatic nitrogens is 2. The first-order valence-electron chi connectivity index (χ1n) is 11.7. The maximum absolute atomic E-state index is 13.6. The van der Waals surface area contributed by atoms with Gasteiger partial charge in [-0.15, -0.1) is 0 Å². The summed E-state index contributed by atoms with van der Waals surface area (Å²) >= 11 is 0. The average Bonchev–Trinajstić information content (AvgIpc) is 3.06. The van der Waals surface area contributed by atoms with Gasteiger partial charge in [-0.1, -0.05) is 18.2 Å². The van der Waals surface area contributed by atoms with Crippen LogP contribution in [0.3, 0.4) is 0 Å². The van der Waals surface area contributed by atoms with Crippen LogP contribution in [0.4, 0.5) is 5.82 Å². The predicted octanol–water partition coefficient (Wildman–Crippen LogP) is 1.43. The Kier molecular flexibility index (Phi) is 9.11. The van der Waals surface area contributed by atoms with Crippen LogP contribution in [0.1, 0.15) is 33.9 Å². The van der Waals surface area contributed by atoms with E-state index in [0.717, 1.165) is 4.57 Å². The van der Waals surface area contributed by atoms with Crippen LogP contribution in [-0.4, -0.2) is 69.3 Å². The van der Waals surface area contributed by atoms with E-state index in [2.05, 4.69) is 15.4 Å². The van der Waals surface area contributed by atoms with Gasteiger partial charge >= 0.3 is 19.4 Å². The molecule has 4 N–H and O–H groups in total. The molecule has 0 amide bonds. The zero-order valence-corrected chi connectivity index (χ0v) is 22.1. The third-order valence-corrected chi connectivity index (χ3v) is 7.17. The molecule has 2 heterocycles. The van der Waals surface area contributed by atoms with E-state index in [9.17, 15) is 24.4 Å². The molecule has 13 nitrogen and oxygen atoms in total. The topological polar surface area (TPSA) is 170 Å². The fourth-order valence-corrected chi connectivity index (χ4v) is 5.12. The number of hydrogen-bond acceptors (Lipinski definition) is 11. The molecule has 1 aliphatic rings. The van der Waals surface area contributed by atoms with E-state index in [1.165, 1.54) is 26.1 Å². The van der Waals surface area contributed by atoms with E-state index in [1.54, 1.807) is 51.2 Å². The first kappa shape index (κ1) is 28.8. The largest absolute Gasteiger partial charge is 0.462 e. The summed E-state index contributed by atoms with van der Waals surface area (Å²) in [6, 6.07) is 8.58. The van der Waals surface area contributed by atoms with Gasteiger partial charge in [0.1, 0.15) is 35.4 Å². The molecule has 14 heteroatoms. The number of para-hydroxylation sites is 1. The van der Waals surface area contributed by atoms with Crippen LogP contribution < -0.4 is 20.6 Å². The summed E-state index contributed by atoms with van der Waals surface area (Å²) in [5, 5.41) is 27.0. The molecule has 1 aromatic heterocycles. The van der Waals surface area contributed by atoms with Crippen molar-refractivity contribution in [2.24, 2.45) is 0 Å². The van der Waals surface area contributed by atoms with Crippen molar-refractivity contribution < 1.29 is 38.1 Å². The van der Waals surface area contributed by atoms with Gasteiger partial charge in [-0.05, 0) is 45.9 Å². The molecule has 37 heavy (non-hydrogen) atoms. The smallest absolute Gasteiger partial charge is 0.459 e. The Bertz CT molecular complexity index is 1170. The Morgan fingerprint density at radius 3 is 2.54 bits per heavy atom. The number of nitrogens with zero attached hydrogens (tertiary/aromatic N) is 2. The van der Waals surface area contributed by atoms with Crippen molar-refractivity contribution in [2.45, 2.75) is 63.9 Å². The summed E-state index contributed by atoms with van der Waals surface area (Å²) < 4.78 is 36.7. The van der Waals surface area contributed by atoms with Crippen molar-refractivity contribution >= 4 is 19.5 Å². The zero-order valence-electron chi connectivity index (χ0n) is 21.2. The average molecular weight is 541 g/mol. The lowest BCUT2D eigenvalue weighted by molar-refractivity contribution is -0.149. The number of ether oxygens (including phenoxy) is 2. The van der Waals surface area contributed by atoms with Crippen molar-refractivity contribution in [3.63, 3.8) is 0 Å². The molecule has 1 aromatic carbocycles. The molecule has 0 radical (unpaired) electrons. The highest BCUT2D eigenvalue weighted by molar-refractivity contribution is 7.52. The Morgan fingerprint density at radius 1 is 1.27 bits per heavy atom. The van der Waals surface area contributed by atoms with Gasteiger partial charge < -0.3 is 29.5 Å². The van der Waals surface area contributed by atoms with Crippen molar-refractivity contribution in [3.05, 3.63) is 53.1 Å². The van der Waals surface area contributed by atoms with Gasteiger partial charge in [0, 0.05) is 13.2 Å². The summed E-state index contributed by atoms with van der Waals surface area (Å²) in [6.07, 6.45) is -3.11. The number of nitrogens with one attached hydrogen (secondary N) is 2. The Hall–Kier alpha value is -2.80. The highest BCUT2D eigenvalue weighted by Crippen LogP contribution is 2.46. The fraction of sp³-hybridized carbons (Fsp3) is 0.522. The SMILES string of the molecule is CNc1ccn([C@@H]2O[C@H](COP(=O)(N[C@@H](C)C(=O)OC(C)C)Oc3ccccc3)C(O)[C@@]2(C)O)c(=O)n1. The van der Waals surface area contributed by atoms with Crippen molar-refractivity contribution in [2.75, 3.05) is 19.0 Å². The van der Waals surface area contributed by atoms with E-state index in [4.69, 9.17) is 18.5 Å². The highest BCUT2D eigenvalue weighted by Gasteiger charge is 2.54. The molecule has 0 bridgehead atoms. The number of aliphatic hydroxyl groups is 2. The summed E-state index contributed by atoms with van der Waals surface area (Å²) in [7, 11) is -2.64. The number of esters is 1. The van der Waals surface area contributed by atoms with Crippen LogP contribution in [0.5, 0.6) is 5.75 Å². The van der Waals surface area contributed by atoms with Crippen LogP contribution >= 0.6 is 7.75 Å². The maximum atomic E-state index is 13.6. The second kappa shape index (κ2) is 11.7. The van der Waals surface area contributed by atoms with E-state index < -0.39 is 62.2 Å². The molecule has 0 aliphatic carbocycles. The summed E-state index contributed by atoms with van der Waals surface area (Å²) in [5.41, 5.74) is -2.64. The quantitative estimate of drug-likeness (QED) is 0.239. The molecular weight excluding hydrogens is 507 g/mol. The third kappa shape index (κ3) is 6.95. The van der Waals surface area contributed by atoms with Crippen LogP contribution in [0.2, 0.25) is 0 Å². The Balaban J connectivity index is 1.79. The Labute approximate surface area is 214 Å². The molecule has 2 unspecified atom stereocenters. The molecule has 2 aromatic rings. The normalized spacial score (nSPS) is 25.9. The number of hydrogen-bond donors (Lipinski definition) is 4. The monoisotopic (exact) mass is 540 g/mol. The van der Waals surface area contributed by atoms with Crippen LogP contribution in [-0.2, 0) is 23.4 Å². The van der Waals surface area contributed by atoms with Crippen LogP contribution in [0.15, 0.2) is 47.4 Å². The lowest BCUT2D eigenvalue weighted by atomic mass is 9.96. The molecule has 3 rings (SSSR count). The lowest BCUT2D eigenvalue weighted by Gasteiger charge is -2.27. The Morgan fingerprint density at radius 2 is 1.95 bits per heavy atom. The maximum Gasteiger partial charge on any atom is 0.459 e. The molecule has 6 atom stereocenters. The second-order valence-electron chi connectivity index (χ2n) is 8.98. The van der Waals surface area contributed by atoms with E-state index in [1.807, 2.05) is 0 Å². The second-order valence-corrected chi connectivity index (χ2v) is 10.7. The predicted molar refractivity (Wildman–Crippen MR) is 133 cm³/mol. The first-order valence-corrected chi connectivity index (χ1v) is 13.2. The highest BCUT2D eigenvalue weighted by atomic mass is 31.2. The molecule has 1 aliphatic heterocycles. The van der Waals surface area contributed by atoms with Gasteiger partial charge in [-0.3, -0.25) is 13.9 Å². The lowest BCUT2D eigenvalue weighted by Crippen LogP contribution is -2.46. The van der Waals surface area contributed by atoms with Crippen molar-refractivity contribution in [3.8, 4) is 5.75 Å². The summed E-state index contributed by atoms with van der Waals surface area (Å²) in [5.74, 6) is -0.162. The van der Waals surface area contributed by atoms with Gasteiger partial charge in [-0.2, -0.15) is 10.1 Å². The van der Waals surface area contributed by atoms with Gasteiger partial charge in [-0.25, -0.2) is 9.36 Å². The van der Waals surface area contributed by atoms with Crippen molar-refractivity contribution in [1.82, 2.24) is 14.6 Å². The minimum atomic E-state index is -4.24. The van der Waals surface area contributed by atoms with E-state index in [-0.39, 0.29) is 5.75 Å². The van der Waals surface area contributed by atoms with E-state index >= 15 is 0 Å². The first-order chi connectivity index (χ1) is 17.4. The van der Waals surface area contributed by atoms with Crippen LogP contribution in [0, 0.1) is 0 Å². The zero-order chi connectivity index (χ0) is 27.4. The number of aliphatic hydroxyl groups excluding tert-OH is 1. The minimum absolute atomic E-state index is 0.197. The van der Waals surface area contributed by atoms with E-state index in [0.29, 0.717) is 5.82 Å². The number of carbonyl (C=O) groups excluding carboxylic acids is 1. The summed E-state index contributed by atoms with van der Waals surface area (Å²) in [4.78, 5) is 28.6. The molecule has 0 spiro atoms. The number of rotatable bonds is 11. The molecule has 1 saturated heterocycles. The number of benzene rings is 1.